The summed E-state index contributed by atoms with van der Waals surface area (Å²) in [5.41, 5.74) is 7.09. The highest BCUT2D eigenvalue weighted by molar-refractivity contribution is 6.07. The van der Waals surface area contributed by atoms with Crippen molar-refractivity contribution in [3.63, 3.8) is 0 Å². The predicted molar refractivity (Wildman–Crippen MR) is 88.8 cm³/mol. The van der Waals surface area contributed by atoms with Gasteiger partial charge in [-0.3, -0.25) is 19.3 Å². The number of pyridine rings is 1. The molecule has 3 aromatic heterocycles. The van der Waals surface area contributed by atoms with Crippen LogP contribution in [0.2, 0.25) is 0 Å². The zero-order chi connectivity index (χ0) is 18.0. The van der Waals surface area contributed by atoms with Crippen LogP contribution in [0.3, 0.4) is 0 Å². The molecule has 0 fully saturated rings. The van der Waals surface area contributed by atoms with Crippen LogP contribution in [0.1, 0.15) is 33.6 Å². The third-order valence-electron chi connectivity index (χ3n) is 3.45. The molecule has 0 spiro atoms. The van der Waals surface area contributed by atoms with E-state index < -0.39 is 11.8 Å². The van der Waals surface area contributed by atoms with Crippen molar-refractivity contribution in [3.05, 3.63) is 47.9 Å². The van der Waals surface area contributed by atoms with Crippen molar-refractivity contribution in [1.82, 2.24) is 19.7 Å². The van der Waals surface area contributed by atoms with E-state index in [1.807, 2.05) is 13.8 Å². The van der Waals surface area contributed by atoms with Gasteiger partial charge in [0, 0.05) is 30.2 Å². The Kier molecular flexibility index (Phi) is 4.29. The number of hydrogen-bond donors (Lipinski definition) is 2. The Balaban J connectivity index is 1.83. The van der Waals surface area contributed by atoms with Crippen molar-refractivity contribution >= 4 is 17.5 Å². The van der Waals surface area contributed by atoms with Crippen LogP contribution in [0.25, 0.3) is 11.5 Å². The Labute approximate surface area is 142 Å². The number of amides is 2. The number of rotatable bonds is 5. The molecule has 0 aliphatic carbocycles. The Morgan fingerprint density at radius 3 is 2.88 bits per heavy atom. The van der Waals surface area contributed by atoms with E-state index in [1.165, 1.54) is 17.1 Å². The normalized spacial score (nSPS) is 10.6. The Morgan fingerprint density at radius 1 is 1.40 bits per heavy atom. The van der Waals surface area contributed by atoms with Crippen LogP contribution in [0.5, 0.6) is 0 Å². The van der Waals surface area contributed by atoms with Crippen LogP contribution in [-0.4, -0.2) is 31.6 Å². The molecule has 0 bridgehead atoms. The van der Waals surface area contributed by atoms with E-state index in [4.69, 9.17) is 10.2 Å². The molecule has 0 radical (unpaired) electrons. The molecule has 9 heteroatoms. The number of hydrogen-bond acceptors (Lipinski definition) is 6. The van der Waals surface area contributed by atoms with Gasteiger partial charge in [-0.05, 0) is 26.0 Å². The number of aromatic nitrogens is 4. The van der Waals surface area contributed by atoms with Crippen LogP contribution >= 0.6 is 0 Å². The summed E-state index contributed by atoms with van der Waals surface area (Å²) in [6.45, 7) is 4.23. The predicted octanol–water partition coefficient (Wildman–Crippen LogP) is 1.61. The second kappa shape index (κ2) is 6.56. The second-order valence-corrected chi connectivity index (χ2v) is 5.29. The van der Waals surface area contributed by atoms with Crippen molar-refractivity contribution in [2.24, 2.45) is 5.73 Å². The molecule has 9 nitrogen and oxygen atoms in total. The lowest BCUT2D eigenvalue weighted by atomic mass is 10.2. The number of aryl methyl sites for hydroxylation is 2. The summed E-state index contributed by atoms with van der Waals surface area (Å²) in [6.07, 6.45) is 4.41. The summed E-state index contributed by atoms with van der Waals surface area (Å²) in [5, 5.41) is 6.60. The first-order chi connectivity index (χ1) is 12.0. The van der Waals surface area contributed by atoms with E-state index in [9.17, 15) is 9.59 Å². The van der Waals surface area contributed by atoms with Gasteiger partial charge in [-0.25, -0.2) is 4.98 Å². The van der Waals surface area contributed by atoms with Crippen molar-refractivity contribution in [3.8, 4) is 11.5 Å². The lowest BCUT2D eigenvalue weighted by Gasteiger charge is -2.00. The highest BCUT2D eigenvalue weighted by Gasteiger charge is 2.19. The lowest BCUT2D eigenvalue weighted by Crippen LogP contribution is -2.18. The topological polar surface area (TPSA) is 129 Å². The van der Waals surface area contributed by atoms with Gasteiger partial charge in [-0.15, -0.1) is 0 Å². The van der Waals surface area contributed by atoms with Crippen LogP contribution in [0.15, 0.2) is 35.2 Å². The monoisotopic (exact) mass is 340 g/mol. The van der Waals surface area contributed by atoms with E-state index in [-0.39, 0.29) is 17.1 Å². The summed E-state index contributed by atoms with van der Waals surface area (Å²) in [4.78, 5) is 32.1. The summed E-state index contributed by atoms with van der Waals surface area (Å²) < 4.78 is 6.86. The molecule has 3 heterocycles. The van der Waals surface area contributed by atoms with Crippen LogP contribution in [-0.2, 0) is 6.54 Å². The van der Waals surface area contributed by atoms with Gasteiger partial charge in [0.25, 0.3) is 11.8 Å². The first-order valence-electron chi connectivity index (χ1n) is 7.55. The smallest absolute Gasteiger partial charge is 0.277 e. The molecule has 3 aromatic rings. The van der Waals surface area contributed by atoms with E-state index >= 15 is 0 Å². The summed E-state index contributed by atoms with van der Waals surface area (Å²) in [7, 11) is 0. The SMILES string of the molecule is CCn1cc(NC(=O)c2coc(-c3ccnc(C)c3)n2)c(C(N)=O)n1. The first kappa shape index (κ1) is 16.4. The molecular formula is C16H16N6O3. The largest absolute Gasteiger partial charge is 0.444 e. The molecule has 0 saturated carbocycles. The molecule has 128 valence electrons. The summed E-state index contributed by atoms with van der Waals surface area (Å²) >= 11 is 0. The molecule has 25 heavy (non-hydrogen) atoms. The molecule has 0 aliphatic heterocycles. The first-order valence-corrected chi connectivity index (χ1v) is 7.55. The molecule has 0 unspecified atom stereocenters. The van der Waals surface area contributed by atoms with Crippen molar-refractivity contribution in [1.29, 1.82) is 0 Å². The maximum atomic E-state index is 12.4. The zero-order valence-corrected chi connectivity index (χ0v) is 13.7. The minimum Gasteiger partial charge on any atom is -0.444 e. The fourth-order valence-corrected chi connectivity index (χ4v) is 2.23. The van der Waals surface area contributed by atoms with Gasteiger partial charge in [0.15, 0.2) is 11.4 Å². The lowest BCUT2D eigenvalue weighted by molar-refractivity contribution is 0.0995. The molecule has 0 saturated heterocycles. The van der Waals surface area contributed by atoms with Crippen molar-refractivity contribution < 1.29 is 14.0 Å². The van der Waals surface area contributed by atoms with E-state index in [1.54, 1.807) is 18.3 Å². The average Bonchev–Trinajstić information content (AvgIpc) is 3.21. The number of nitrogens with two attached hydrogens (primary N) is 1. The quantitative estimate of drug-likeness (QED) is 0.726. The fourth-order valence-electron chi connectivity index (χ4n) is 2.23. The Hall–Kier alpha value is -3.49. The van der Waals surface area contributed by atoms with Gasteiger partial charge in [0.05, 0.1) is 5.69 Å². The van der Waals surface area contributed by atoms with Crippen LogP contribution in [0.4, 0.5) is 5.69 Å². The number of nitrogens with zero attached hydrogens (tertiary/aromatic N) is 4. The minimum absolute atomic E-state index is 0.0105. The number of primary amides is 1. The van der Waals surface area contributed by atoms with Gasteiger partial charge >= 0.3 is 0 Å². The third-order valence-corrected chi connectivity index (χ3v) is 3.45. The number of anilines is 1. The summed E-state index contributed by atoms with van der Waals surface area (Å²) in [6, 6.07) is 3.53. The maximum Gasteiger partial charge on any atom is 0.277 e. The highest BCUT2D eigenvalue weighted by Crippen LogP contribution is 2.20. The van der Waals surface area contributed by atoms with Crippen molar-refractivity contribution in [2.45, 2.75) is 20.4 Å². The third kappa shape index (κ3) is 3.39. The number of carbonyl (C=O) groups excluding carboxylic acids is 2. The van der Waals surface area contributed by atoms with Gasteiger partial charge < -0.3 is 15.5 Å². The van der Waals surface area contributed by atoms with Crippen molar-refractivity contribution in [2.75, 3.05) is 5.32 Å². The Bertz CT molecular complexity index is 943. The molecule has 3 N–H and O–H groups in total. The number of oxazole rings is 1. The van der Waals surface area contributed by atoms with Crippen LogP contribution in [0, 0.1) is 6.92 Å². The molecule has 0 atom stereocenters. The molecule has 3 rings (SSSR count). The molecular weight excluding hydrogens is 324 g/mol. The van der Waals surface area contributed by atoms with Gasteiger partial charge in [-0.2, -0.15) is 5.10 Å². The number of nitrogens with one attached hydrogen (secondary N) is 1. The van der Waals surface area contributed by atoms with Gasteiger partial charge in [0.2, 0.25) is 5.89 Å². The molecule has 2 amide bonds. The summed E-state index contributed by atoms with van der Waals surface area (Å²) in [5.74, 6) is -0.954. The molecule has 0 aliphatic rings. The average molecular weight is 340 g/mol. The maximum absolute atomic E-state index is 12.4. The zero-order valence-electron chi connectivity index (χ0n) is 13.7. The highest BCUT2D eigenvalue weighted by atomic mass is 16.3. The minimum atomic E-state index is -0.726. The number of carbonyl (C=O) groups is 2. The fraction of sp³-hybridized carbons (Fsp3) is 0.188. The molecule has 0 aromatic carbocycles. The van der Waals surface area contributed by atoms with E-state index in [0.717, 1.165) is 5.69 Å². The van der Waals surface area contributed by atoms with E-state index in [2.05, 4.69) is 20.4 Å². The van der Waals surface area contributed by atoms with E-state index in [0.29, 0.717) is 18.0 Å². The second-order valence-electron chi connectivity index (χ2n) is 5.29. The Morgan fingerprint density at radius 2 is 2.20 bits per heavy atom. The standard InChI is InChI=1S/C16H16N6O3/c1-3-22-7-11(13(21-22)14(17)23)19-15(24)12-8-25-16(20-12)10-4-5-18-9(2)6-10/h4-8H,3H2,1-2H3,(H2,17,23)(H,19,24). The van der Waals surface area contributed by atoms with Crippen LogP contribution < -0.4 is 11.1 Å². The van der Waals surface area contributed by atoms with Gasteiger partial charge in [-0.1, -0.05) is 0 Å². The van der Waals surface area contributed by atoms with Gasteiger partial charge in [0.1, 0.15) is 6.26 Å².